The minimum atomic E-state index is -0.465. The summed E-state index contributed by atoms with van der Waals surface area (Å²) < 4.78 is 11.3. The van der Waals surface area contributed by atoms with Gasteiger partial charge in [0.05, 0.1) is 25.4 Å². The molecule has 1 amide bonds. The molecular formula is C17H22N2O3. The first-order valence-electron chi connectivity index (χ1n) is 7.66. The number of hydrogen-bond donors (Lipinski definition) is 0. The molecule has 1 aromatic carbocycles. The summed E-state index contributed by atoms with van der Waals surface area (Å²) in [6, 6.07) is 7.85. The molecule has 5 heteroatoms. The maximum atomic E-state index is 12.7. The van der Waals surface area contributed by atoms with Gasteiger partial charge in [0.25, 0.3) is 5.91 Å². The van der Waals surface area contributed by atoms with E-state index < -0.39 is 6.10 Å². The normalized spacial score (nSPS) is 21.0. The van der Waals surface area contributed by atoms with Crippen molar-refractivity contribution in [2.24, 2.45) is 0 Å². The molecular weight excluding hydrogens is 280 g/mol. The highest BCUT2D eigenvalue weighted by Crippen LogP contribution is 2.33. The first-order chi connectivity index (χ1) is 10.6. The first-order valence-corrected chi connectivity index (χ1v) is 7.66. The molecule has 2 aliphatic rings. The van der Waals surface area contributed by atoms with E-state index in [1.165, 1.54) is 0 Å². The van der Waals surface area contributed by atoms with E-state index in [1.807, 2.05) is 36.1 Å². The van der Waals surface area contributed by atoms with Gasteiger partial charge in [-0.1, -0.05) is 24.3 Å². The van der Waals surface area contributed by atoms with Crippen LogP contribution in [0.5, 0.6) is 5.75 Å². The lowest BCUT2D eigenvalue weighted by Crippen LogP contribution is -2.53. The first kappa shape index (κ1) is 14.9. The Morgan fingerprint density at radius 1 is 1.32 bits per heavy atom. The van der Waals surface area contributed by atoms with E-state index in [9.17, 15) is 4.79 Å². The van der Waals surface area contributed by atoms with Gasteiger partial charge in [-0.2, -0.15) is 0 Å². The summed E-state index contributed by atoms with van der Waals surface area (Å²) >= 11 is 0. The Labute approximate surface area is 131 Å². The molecule has 1 unspecified atom stereocenters. The molecule has 22 heavy (non-hydrogen) atoms. The quantitative estimate of drug-likeness (QED) is 0.797. The standard InChI is InChI=1S/C17H22N2O3/c1-13(2)11-19-12-16(17(20)18-7-9-21-10-8-18)22-15-6-4-3-5-14(15)19/h3-6,16H,1,7-12H2,2H3. The fourth-order valence-corrected chi connectivity index (χ4v) is 2.90. The number of morpholine rings is 1. The summed E-state index contributed by atoms with van der Waals surface area (Å²) in [5.41, 5.74) is 2.09. The van der Waals surface area contributed by atoms with Crippen molar-refractivity contribution in [3.63, 3.8) is 0 Å². The second kappa shape index (κ2) is 6.40. The minimum absolute atomic E-state index is 0.0459. The van der Waals surface area contributed by atoms with Gasteiger partial charge >= 0.3 is 0 Å². The number of benzene rings is 1. The van der Waals surface area contributed by atoms with Gasteiger partial charge in [-0.3, -0.25) is 4.79 Å². The average molecular weight is 302 g/mol. The summed E-state index contributed by atoms with van der Waals surface area (Å²) in [6.07, 6.45) is -0.465. The molecule has 0 spiro atoms. The molecule has 2 heterocycles. The van der Waals surface area contributed by atoms with E-state index in [0.29, 0.717) is 32.8 Å². The Hall–Kier alpha value is -2.01. The maximum Gasteiger partial charge on any atom is 0.265 e. The molecule has 0 bridgehead atoms. The molecule has 0 saturated carbocycles. The number of carbonyl (C=O) groups excluding carboxylic acids is 1. The number of nitrogens with zero attached hydrogens (tertiary/aromatic N) is 2. The van der Waals surface area contributed by atoms with Gasteiger partial charge in [-0.15, -0.1) is 0 Å². The Bertz CT molecular complexity index is 567. The van der Waals surface area contributed by atoms with Crippen LogP contribution in [-0.2, 0) is 9.53 Å². The highest BCUT2D eigenvalue weighted by atomic mass is 16.5. The van der Waals surface area contributed by atoms with Gasteiger partial charge in [0.15, 0.2) is 6.10 Å². The zero-order valence-electron chi connectivity index (χ0n) is 13.0. The fraction of sp³-hybridized carbons (Fsp3) is 0.471. The number of rotatable bonds is 3. The van der Waals surface area contributed by atoms with Crippen LogP contribution >= 0.6 is 0 Å². The third-order valence-corrected chi connectivity index (χ3v) is 3.92. The Morgan fingerprint density at radius 2 is 2.05 bits per heavy atom. The predicted molar refractivity (Wildman–Crippen MR) is 85.3 cm³/mol. The van der Waals surface area contributed by atoms with Crippen molar-refractivity contribution < 1.29 is 14.3 Å². The molecule has 0 radical (unpaired) electrons. The van der Waals surface area contributed by atoms with Crippen LogP contribution in [-0.4, -0.2) is 56.3 Å². The molecule has 3 rings (SSSR count). The van der Waals surface area contributed by atoms with Gasteiger partial charge in [0.1, 0.15) is 5.75 Å². The fourth-order valence-electron chi connectivity index (χ4n) is 2.90. The van der Waals surface area contributed by atoms with Crippen molar-refractivity contribution in [3.8, 4) is 5.75 Å². The van der Waals surface area contributed by atoms with Gasteiger partial charge in [0.2, 0.25) is 0 Å². The number of ether oxygens (including phenoxy) is 2. The van der Waals surface area contributed by atoms with Crippen LogP contribution in [0.1, 0.15) is 6.92 Å². The highest BCUT2D eigenvalue weighted by Gasteiger charge is 2.33. The Balaban J connectivity index is 1.79. The summed E-state index contributed by atoms with van der Waals surface area (Å²) in [6.45, 7) is 9.75. The molecule has 1 atom stereocenters. The number of hydrogen-bond acceptors (Lipinski definition) is 4. The summed E-state index contributed by atoms with van der Waals surface area (Å²) in [4.78, 5) is 16.7. The zero-order valence-corrected chi connectivity index (χ0v) is 13.0. The monoisotopic (exact) mass is 302 g/mol. The SMILES string of the molecule is C=C(C)CN1CC(C(=O)N2CCOCC2)Oc2ccccc21. The lowest BCUT2D eigenvalue weighted by molar-refractivity contribution is -0.142. The molecule has 0 aliphatic carbocycles. The van der Waals surface area contributed by atoms with Crippen LogP contribution in [0.2, 0.25) is 0 Å². The van der Waals surface area contributed by atoms with Gasteiger partial charge in [-0.05, 0) is 19.1 Å². The summed E-state index contributed by atoms with van der Waals surface area (Å²) in [5, 5.41) is 0. The maximum absolute atomic E-state index is 12.7. The highest BCUT2D eigenvalue weighted by molar-refractivity contribution is 5.83. The van der Waals surface area contributed by atoms with Crippen LogP contribution in [0.4, 0.5) is 5.69 Å². The van der Waals surface area contributed by atoms with Crippen LogP contribution in [0.3, 0.4) is 0 Å². The summed E-state index contributed by atoms with van der Waals surface area (Å²) in [7, 11) is 0. The van der Waals surface area contributed by atoms with E-state index >= 15 is 0 Å². The van der Waals surface area contributed by atoms with Crippen LogP contribution in [0, 0.1) is 0 Å². The number of fused-ring (bicyclic) bond motifs is 1. The largest absolute Gasteiger partial charge is 0.477 e. The van der Waals surface area contributed by atoms with E-state index in [0.717, 1.165) is 23.6 Å². The number of carbonyl (C=O) groups is 1. The lowest BCUT2D eigenvalue weighted by atomic mass is 10.1. The Morgan fingerprint density at radius 3 is 2.77 bits per heavy atom. The molecule has 118 valence electrons. The number of anilines is 1. The average Bonchev–Trinajstić information content (AvgIpc) is 2.54. The van der Waals surface area contributed by atoms with Crippen molar-refractivity contribution in [1.82, 2.24) is 4.90 Å². The van der Waals surface area contributed by atoms with Crippen LogP contribution in [0.15, 0.2) is 36.4 Å². The number of para-hydroxylation sites is 2. The molecule has 5 nitrogen and oxygen atoms in total. The van der Waals surface area contributed by atoms with Crippen molar-refractivity contribution in [3.05, 3.63) is 36.4 Å². The molecule has 0 N–H and O–H groups in total. The predicted octanol–water partition coefficient (Wildman–Crippen LogP) is 1.69. The molecule has 1 fully saturated rings. The van der Waals surface area contributed by atoms with E-state index in [-0.39, 0.29) is 5.91 Å². The van der Waals surface area contributed by atoms with E-state index in [4.69, 9.17) is 9.47 Å². The molecule has 1 saturated heterocycles. The van der Waals surface area contributed by atoms with Crippen molar-refractivity contribution in [2.75, 3.05) is 44.3 Å². The molecule has 1 aromatic rings. The third kappa shape index (κ3) is 3.09. The zero-order chi connectivity index (χ0) is 15.5. The van der Waals surface area contributed by atoms with Crippen molar-refractivity contribution in [1.29, 1.82) is 0 Å². The van der Waals surface area contributed by atoms with Gasteiger partial charge in [-0.25, -0.2) is 0 Å². The second-order valence-electron chi connectivity index (χ2n) is 5.85. The van der Waals surface area contributed by atoms with Gasteiger partial charge in [0, 0.05) is 19.6 Å². The van der Waals surface area contributed by atoms with Crippen molar-refractivity contribution in [2.45, 2.75) is 13.0 Å². The minimum Gasteiger partial charge on any atom is -0.477 e. The van der Waals surface area contributed by atoms with Crippen LogP contribution in [0.25, 0.3) is 0 Å². The van der Waals surface area contributed by atoms with E-state index in [1.54, 1.807) is 0 Å². The topological polar surface area (TPSA) is 42.0 Å². The molecule has 2 aliphatic heterocycles. The van der Waals surface area contributed by atoms with Crippen molar-refractivity contribution >= 4 is 11.6 Å². The molecule has 0 aromatic heterocycles. The second-order valence-corrected chi connectivity index (χ2v) is 5.85. The van der Waals surface area contributed by atoms with Gasteiger partial charge < -0.3 is 19.3 Å². The lowest BCUT2D eigenvalue weighted by Gasteiger charge is -2.38. The van der Waals surface area contributed by atoms with E-state index in [2.05, 4.69) is 11.5 Å². The number of amides is 1. The summed E-state index contributed by atoms with van der Waals surface area (Å²) in [5.74, 6) is 0.811. The Kier molecular flexibility index (Phi) is 4.34. The van der Waals surface area contributed by atoms with Crippen LogP contribution < -0.4 is 9.64 Å². The third-order valence-electron chi connectivity index (χ3n) is 3.92. The smallest absolute Gasteiger partial charge is 0.265 e.